The minimum absolute atomic E-state index is 0.0789. The molecule has 1 atom stereocenters. The Hall–Kier alpha value is -1.30. The lowest BCUT2D eigenvalue weighted by atomic mass is 9.96. The van der Waals surface area contributed by atoms with Crippen LogP contribution in [0.3, 0.4) is 0 Å². The summed E-state index contributed by atoms with van der Waals surface area (Å²) in [6.07, 6.45) is 6.70. The molecule has 1 aliphatic carbocycles. The number of likely N-dealkylation sites (tertiary alicyclic amines) is 1. The van der Waals surface area contributed by atoms with Crippen LogP contribution in [-0.2, 0) is 4.79 Å². The Morgan fingerprint density at radius 2 is 1.79 bits per heavy atom. The molecule has 1 saturated carbocycles. The van der Waals surface area contributed by atoms with Crippen molar-refractivity contribution in [3.8, 4) is 0 Å². The van der Waals surface area contributed by atoms with Gasteiger partial charge in [-0.2, -0.15) is 0 Å². The lowest BCUT2D eigenvalue weighted by molar-refractivity contribution is -0.128. The molecule has 1 saturated heterocycles. The molecule has 0 radical (unpaired) electrons. The summed E-state index contributed by atoms with van der Waals surface area (Å²) in [7, 11) is 1.80. The molecule has 138 valence electrons. The van der Waals surface area contributed by atoms with Gasteiger partial charge >= 0.3 is 0 Å². The maximum absolute atomic E-state index is 11.8. The smallest absolute Gasteiger partial charge is 0.225 e. The Kier molecular flexibility index (Phi) is 6.90. The van der Waals surface area contributed by atoms with E-state index in [-0.39, 0.29) is 11.3 Å². The fourth-order valence-corrected chi connectivity index (χ4v) is 3.52. The van der Waals surface area contributed by atoms with Crippen molar-refractivity contribution in [2.24, 2.45) is 10.4 Å². The summed E-state index contributed by atoms with van der Waals surface area (Å²) in [4.78, 5) is 18.8. The first kappa shape index (κ1) is 19.0. The van der Waals surface area contributed by atoms with E-state index in [2.05, 4.69) is 25.8 Å². The van der Waals surface area contributed by atoms with Crippen molar-refractivity contribution >= 4 is 11.9 Å². The van der Waals surface area contributed by atoms with Crippen LogP contribution in [0, 0.1) is 5.41 Å². The largest absolute Gasteiger partial charge is 0.355 e. The summed E-state index contributed by atoms with van der Waals surface area (Å²) in [5.74, 6) is 0.911. The molecule has 0 aromatic carbocycles. The summed E-state index contributed by atoms with van der Waals surface area (Å²) in [6.45, 7) is 9.37. The predicted molar refractivity (Wildman–Crippen MR) is 99.2 cm³/mol. The molecular weight excluding hydrogens is 302 g/mol. The van der Waals surface area contributed by atoms with Crippen molar-refractivity contribution in [3.63, 3.8) is 0 Å². The van der Waals surface area contributed by atoms with Crippen molar-refractivity contribution in [3.05, 3.63) is 0 Å². The van der Waals surface area contributed by atoms with Crippen molar-refractivity contribution in [2.45, 2.75) is 65.0 Å². The number of guanidine groups is 1. The van der Waals surface area contributed by atoms with Gasteiger partial charge in [0.25, 0.3) is 0 Å². The van der Waals surface area contributed by atoms with Gasteiger partial charge in [0.05, 0.1) is 0 Å². The fraction of sp³-hybridized carbons (Fsp3) is 0.889. The van der Waals surface area contributed by atoms with Crippen LogP contribution in [0.25, 0.3) is 0 Å². The van der Waals surface area contributed by atoms with Gasteiger partial charge in [0.2, 0.25) is 5.91 Å². The van der Waals surface area contributed by atoms with E-state index in [1.165, 1.54) is 38.6 Å². The van der Waals surface area contributed by atoms with Crippen LogP contribution < -0.4 is 16.0 Å². The van der Waals surface area contributed by atoms with E-state index >= 15 is 0 Å². The topological polar surface area (TPSA) is 68.8 Å². The Morgan fingerprint density at radius 3 is 2.42 bits per heavy atom. The number of rotatable bonds is 5. The minimum Gasteiger partial charge on any atom is -0.355 e. The first-order valence-electron chi connectivity index (χ1n) is 9.39. The van der Waals surface area contributed by atoms with E-state index in [1.54, 1.807) is 7.05 Å². The highest BCUT2D eigenvalue weighted by atomic mass is 16.2. The summed E-state index contributed by atoms with van der Waals surface area (Å²) in [6, 6.07) is 1.28. The Labute approximate surface area is 146 Å². The van der Waals surface area contributed by atoms with Crippen molar-refractivity contribution in [1.82, 2.24) is 20.9 Å². The molecule has 0 aromatic heterocycles. The third kappa shape index (κ3) is 5.65. The molecular formula is C18H35N5O. The average molecular weight is 338 g/mol. The first-order chi connectivity index (χ1) is 11.4. The highest BCUT2D eigenvalue weighted by molar-refractivity contribution is 5.82. The molecule has 2 aliphatic rings. The number of hydrogen-bond donors (Lipinski definition) is 3. The van der Waals surface area contributed by atoms with E-state index in [0.29, 0.717) is 19.1 Å². The molecule has 1 aliphatic heterocycles. The molecule has 3 N–H and O–H groups in total. The van der Waals surface area contributed by atoms with Crippen LogP contribution in [0.1, 0.15) is 52.9 Å². The average Bonchev–Trinajstić information content (AvgIpc) is 3.19. The van der Waals surface area contributed by atoms with E-state index in [9.17, 15) is 4.79 Å². The zero-order valence-corrected chi connectivity index (χ0v) is 15.8. The van der Waals surface area contributed by atoms with E-state index in [4.69, 9.17) is 0 Å². The van der Waals surface area contributed by atoms with Crippen molar-refractivity contribution in [1.29, 1.82) is 0 Å². The fourth-order valence-electron chi connectivity index (χ4n) is 3.52. The summed E-state index contributed by atoms with van der Waals surface area (Å²) < 4.78 is 0. The van der Waals surface area contributed by atoms with Crippen LogP contribution in [0.15, 0.2) is 4.99 Å². The molecule has 1 heterocycles. The lowest BCUT2D eigenvalue weighted by Crippen LogP contribution is -2.47. The summed E-state index contributed by atoms with van der Waals surface area (Å²) >= 11 is 0. The third-order valence-electron chi connectivity index (χ3n) is 5.01. The molecule has 1 amide bonds. The number of nitrogens with one attached hydrogen (secondary N) is 3. The highest BCUT2D eigenvalue weighted by Crippen LogP contribution is 2.26. The molecule has 0 aromatic rings. The van der Waals surface area contributed by atoms with E-state index in [0.717, 1.165) is 18.5 Å². The second-order valence-corrected chi connectivity index (χ2v) is 8.07. The Bertz CT molecular complexity index is 437. The third-order valence-corrected chi connectivity index (χ3v) is 5.01. The molecule has 1 unspecified atom stereocenters. The van der Waals surface area contributed by atoms with Gasteiger partial charge in [-0.15, -0.1) is 0 Å². The Morgan fingerprint density at radius 1 is 1.12 bits per heavy atom. The van der Waals surface area contributed by atoms with Crippen LogP contribution in [-0.4, -0.2) is 62.1 Å². The quantitative estimate of drug-likeness (QED) is 0.402. The number of amides is 1. The maximum atomic E-state index is 11.8. The monoisotopic (exact) mass is 337 g/mol. The molecule has 6 nitrogen and oxygen atoms in total. The van der Waals surface area contributed by atoms with Crippen LogP contribution in [0.5, 0.6) is 0 Å². The molecule has 2 rings (SSSR count). The van der Waals surface area contributed by atoms with Gasteiger partial charge in [0.15, 0.2) is 5.96 Å². The number of carbonyl (C=O) groups is 1. The number of hydrogen-bond acceptors (Lipinski definition) is 3. The molecule has 0 bridgehead atoms. The normalized spacial score (nSPS) is 23.5. The highest BCUT2D eigenvalue weighted by Gasteiger charge is 2.30. The SMILES string of the molecule is CN=C(NCCNC(=O)C(C)(C)C)NC1CCN(C2CCCC2)C1. The summed E-state index contributed by atoms with van der Waals surface area (Å²) in [5, 5.41) is 9.76. The Balaban J connectivity index is 1.65. The minimum atomic E-state index is -0.340. The van der Waals surface area contributed by atoms with Gasteiger partial charge in [-0.1, -0.05) is 33.6 Å². The van der Waals surface area contributed by atoms with Crippen LogP contribution >= 0.6 is 0 Å². The molecule has 24 heavy (non-hydrogen) atoms. The number of carbonyl (C=O) groups excluding carboxylic acids is 1. The number of nitrogens with zero attached hydrogens (tertiary/aromatic N) is 2. The predicted octanol–water partition coefficient (Wildman–Crippen LogP) is 1.33. The standard InChI is InChI=1S/C18H35N5O/c1-18(2,3)16(24)20-10-11-21-17(19-4)22-14-9-12-23(13-14)15-7-5-6-8-15/h14-15H,5-13H2,1-4H3,(H,20,24)(H2,19,21,22). The second-order valence-electron chi connectivity index (χ2n) is 8.07. The second kappa shape index (κ2) is 8.70. The van der Waals surface area contributed by atoms with Crippen LogP contribution in [0.4, 0.5) is 0 Å². The zero-order chi connectivity index (χ0) is 17.6. The van der Waals surface area contributed by atoms with Crippen molar-refractivity contribution < 1.29 is 4.79 Å². The van der Waals surface area contributed by atoms with Crippen molar-refractivity contribution in [2.75, 3.05) is 33.2 Å². The van der Waals surface area contributed by atoms with Gasteiger partial charge in [-0.05, 0) is 19.3 Å². The molecule has 2 fully saturated rings. The summed E-state index contributed by atoms with van der Waals surface area (Å²) in [5.41, 5.74) is -0.340. The van der Waals surface area contributed by atoms with E-state index < -0.39 is 0 Å². The molecule has 0 spiro atoms. The maximum Gasteiger partial charge on any atom is 0.225 e. The van der Waals surface area contributed by atoms with Crippen LogP contribution in [0.2, 0.25) is 0 Å². The zero-order valence-electron chi connectivity index (χ0n) is 15.8. The van der Waals surface area contributed by atoms with Gasteiger partial charge in [0, 0.05) is 50.7 Å². The molecule has 6 heteroatoms. The van der Waals surface area contributed by atoms with Gasteiger partial charge in [-0.3, -0.25) is 14.7 Å². The first-order valence-corrected chi connectivity index (χ1v) is 9.39. The van der Waals surface area contributed by atoms with E-state index in [1.807, 2.05) is 20.8 Å². The van der Waals surface area contributed by atoms with Gasteiger partial charge in [0.1, 0.15) is 0 Å². The number of aliphatic imine (C=N–C) groups is 1. The lowest BCUT2D eigenvalue weighted by Gasteiger charge is -2.24. The van der Waals surface area contributed by atoms with Gasteiger partial charge in [-0.25, -0.2) is 0 Å². The van der Waals surface area contributed by atoms with Gasteiger partial charge < -0.3 is 16.0 Å².